The number of nitrogens with two attached hydrogens (primary N) is 1. The third kappa shape index (κ3) is 1.70. The Morgan fingerprint density at radius 2 is 1.79 bits per heavy atom. The van der Waals surface area contributed by atoms with E-state index in [9.17, 15) is 0 Å². The van der Waals surface area contributed by atoms with Gasteiger partial charge in [0.25, 0.3) is 0 Å². The number of hydrogen-bond donors (Lipinski definition) is 2. The molecule has 5 atom stereocenters. The van der Waals surface area contributed by atoms with Crippen molar-refractivity contribution in [3.63, 3.8) is 0 Å². The van der Waals surface area contributed by atoms with E-state index >= 15 is 0 Å². The maximum absolute atomic E-state index is 5.88. The molecule has 4 rings (SSSR count). The fraction of sp³-hybridized carbons (Fsp3) is 0.647. The molecule has 0 spiro atoms. The second-order valence-electron chi connectivity index (χ2n) is 6.80. The first-order chi connectivity index (χ1) is 9.33. The summed E-state index contributed by atoms with van der Waals surface area (Å²) in [5, 5.41) is 0. The largest absolute Gasteiger partial charge is 0.271 e. The fourth-order valence-electron chi connectivity index (χ4n) is 5.23. The lowest BCUT2D eigenvalue weighted by Gasteiger charge is -2.20. The number of fused-ring (bicyclic) bond motifs is 5. The minimum Gasteiger partial charge on any atom is -0.271 e. The Balaban J connectivity index is 1.55. The van der Waals surface area contributed by atoms with E-state index in [4.69, 9.17) is 5.84 Å². The summed E-state index contributed by atoms with van der Waals surface area (Å²) in [6.45, 7) is 2.21. The quantitative estimate of drug-likeness (QED) is 0.642. The molecule has 3 saturated carbocycles. The molecule has 0 radical (unpaired) electrons. The number of aryl methyl sites for hydroxylation is 1. The highest BCUT2D eigenvalue weighted by atomic mass is 15.2. The zero-order chi connectivity index (χ0) is 13.0. The minimum atomic E-state index is 0.379. The Labute approximate surface area is 115 Å². The molecular weight excluding hydrogens is 232 g/mol. The summed E-state index contributed by atoms with van der Waals surface area (Å²) in [6, 6.07) is 9.45. The number of nitrogens with one attached hydrogen (secondary N) is 1. The van der Waals surface area contributed by atoms with Crippen molar-refractivity contribution in [3.05, 3.63) is 35.4 Å². The molecule has 0 aliphatic heterocycles. The van der Waals surface area contributed by atoms with Gasteiger partial charge in [0.05, 0.1) is 0 Å². The fourth-order valence-corrected chi connectivity index (χ4v) is 5.23. The summed E-state index contributed by atoms with van der Waals surface area (Å²) in [5.41, 5.74) is 5.92. The Morgan fingerprint density at radius 3 is 2.32 bits per heavy atom. The molecule has 0 aromatic heterocycles. The van der Waals surface area contributed by atoms with Crippen LogP contribution in [0.5, 0.6) is 0 Å². The van der Waals surface area contributed by atoms with E-state index in [1.54, 1.807) is 0 Å². The molecule has 3 fully saturated rings. The number of hydrogen-bond acceptors (Lipinski definition) is 2. The van der Waals surface area contributed by atoms with E-state index in [2.05, 4.69) is 36.6 Å². The van der Waals surface area contributed by atoms with Crippen LogP contribution in [0, 0.1) is 29.6 Å². The first-order valence-corrected chi connectivity index (χ1v) is 7.88. The molecule has 19 heavy (non-hydrogen) atoms. The van der Waals surface area contributed by atoms with Crippen molar-refractivity contribution < 1.29 is 0 Å². The molecule has 0 heterocycles. The molecular formula is C17H24N2. The van der Waals surface area contributed by atoms with E-state index in [0.717, 1.165) is 36.0 Å². The third-order valence-corrected chi connectivity index (χ3v) is 6.11. The average molecular weight is 256 g/mol. The van der Waals surface area contributed by atoms with Gasteiger partial charge in [-0.2, -0.15) is 0 Å². The van der Waals surface area contributed by atoms with E-state index in [1.807, 2.05) is 0 Å². The number of benzene rings is 1. The van der Waals surface area contributed by atoms with Gasteiger partial charge in [-0.1, -0.05) is 31.2 Å². The summed E-state index contributed by atoms with van der Waals surface area (Å²) < 4.78 is 0. The van der Waals surface area contributed by atoms with Crippen LogP contribution in [-0.4, -0.2) is 0 Å². The van der Waals surface area contributed by atoms with Gasteiger partial charge in [-0.15, -0.1) is 0 Å². The Hall–Kier alpha value is -0.860. The van der Waals surface area contributed by atoms with Gasteiger partial charge in [-0.05, 0) is 66.4 Å². The van der Waals surface area contributed by atoms with E-state index in [0.29, 0.717) is 6.04 Å². The smallest absolute Gasteiger partial charge is 0.0493 e. The van der Waals surface area contributed by atoms with E-state index < -0.39 is 0 Å². The summed E-state index contributed by atoms with van der Waals surface area (Å²) >= 11 is 0. The second-order valence-corrected chi connectivity index (χ2v) is 6.80. The normalized spacial score (nSPS) is 40.2. The lowest BCUT2D eigenvalue weighted by molar-refractivity contribution is 0.374. The first-order valence-electron chi connectivity index (χ1n) is 7.88. The molecule has 102 valence electrons. The molecule has 3 N–H and O–H groups in total. The van der Waals surface area contributed by atoms with Crippen LogP contribution in [0.4, 0.5) is 0 Å². The van der Waals surface area contributed by atoms with Crippen molar-refractivity contribution >= 4 is 0 Å². The standard InChI is InChI=1S/C17H24N2/c1-2-10-3-5-11(6-4-10)17(19-18)16-14-12-7-8-13(9-12)15(14)16/h3-6,12-17,19H,2,7-9,18H2,1H3. The molecule has 2 nitrogen and oxygen atoms in total. The van der Waals surface area contributed by atoms with Crippen LogP contribution in [-0.2, 0) is 6.42 Å². The van der Waals surface area contributed by atoms with Gasteiger partial charge < -0.3 is 0 Å². The summed E-state index contributed by atoms with van der Waals surface area (Å²) in [4.78, 5) is 0. The highest BCUT2D eigenvalue weighted by Crippen LogP contribution is 2.72. The van der Waals surface area contributed by atoms with Gasteiger partial charge in [0.2, 0.25) is 0 Å². The number of rotatable bonds is 4. The molecule has 2 bridgehead atoms. The van der Waals surface area contributed by atoms with Crippen LogP contribution < -0.4 is 11.3 Å². The maximum Gasteiger partial charge on any atom is 0.0493 e. The average Bonchev–Trinajstić information content (AvgIpc) is 2.88. The van der Waals surface area contributed by atoms with Gasteiger partial charge in [0.1, 0.15) is 0 Å². The van der Waals surface area contributed by atoms with Crippen LogP contribution in [0.3, 0.4) is 0 Å². The van der Waals surface area contributed by atoms with Crippen molar-refractivity contribution in [3.8, 4) is 0 Å². The predicted molar refractivity (Wildman–Crippen MR) is 77.2 cm³/mol. The SMILES string of the molecule is CCc1ccc(C(NN)C2C3C4CCC(C4)C32)cc1. The summed E-state index contributed by atoms with van der Waals surface area (Å²) in [5.74, 6) is 10.7. The van der Waals surface area contributed by atoms with Crippen LogP contribution in [0.15, 0.2) is 24.3 Å². The van der Waals surface area contributed by atoms with Gasteiger partial charge in [-0.25, -0.2) is 0 Å². The van der Waals surface area contributed by atoms with Crippen molar-refractivity contribution in [2.75, 3.05) is 0 Å². The molecule has 1 aromatic rings. The Bertz CT molecular complexity index is 451. The zero-order valence-corrected chi connectivity index (χ0v) is 11.7. The number of hydrazine groups is 1. The van der Waals surface area contributed by atoms with Gasteiger partial charge in [0.15, 0.2) is 0 Å². The first kappa shape index (κ1) is 11.9. The van der Waals surface area contributed by atoms with Crippen molar-refractivity contribution in [2.24, 2.45) is 35.4 Å². The Morgan fingerprint density at radius 1 is 1.16 bits per heavy atom. The van der Waals surface area contributed by atoms with Gasteiger partial charge >= 0.3 is 0 Å². The molecule has 2 heteroatoms. The van der Waals surface area contributed by atoms with Crippen LogP contribution in [0.2, 0.25) is 0 Å². The third-order valence-electron chi connectivity index (χ3n) is 6.11. The molecule has 3 aliphatic carbocycles. The second kappa shape index (κ2) is 4.32. The zero-order valence-electron chi connectivity index (χ0n) is 11.7. The topological polar surface area (TPSA) is 38.0 Å². The van der Waals surface area contributed by atoms with Crippen LogP contribution in [0.1, 0.15) is 43.4 Å². The molecule has 0 amide bonds. The Kier molecular flexibility index (Phi) is 2.71. The minimum absolute atomic E-state index is 0.379. The lowest BCUT2D eigenvalue weighted by Crippen LogP contribution is -2.31. The highest BCUT2D eigenvalue weighted by molar-refractivity contribution is 5.29. The van der Waals surface area contributed by atoms with Gasteiger partial charge in [0, 0.05) is 6.04 Å². The highest BCUT2D eigenvalue weighted by Gasteiger charge is 2.66. The molecule has 0 saturated heterocycles. The van der Waals surface area contributed by atoms with Crippen molar-refractivity contribution in [1.82, 2.24) is 5.43 Å². The van der Waals surface area contributed by atoms with E-state index in [1.165, 1.54) is 30.4 Å². The maximum atomic E-state index is 5.88. The summed E-state index contributed by atoms with van der Waals surface area (Å²) in [7, 11) is 0. The van der Waals surface area contributed by atoms with Crippen LogP contribution >= 0.6 is 0 Å². The van der Waals surface area contributed by atoms with Crippen LogP contribution in [0.25, 0.3) is 0 Å². The molecule has 3 aliphatic rings. The van der Waals surface area contributed by atoms with Gasteiger partial charge in [-0.3, -0.25) is 11.3 Å². The monoisotopic (exact) mass is 256 g/mol. The van der Waals surface area contributed by atoms with Crippen molar-refractivity contribution in [1.29, 1.82) is 0 Å². The predicted octanol–water partition coefficient (Wildman–Crippen LogP) is 3.05. The molecule has 1 aromatic carbocycles. The molecule has 5 unspecified atom stereocenters. The summed E-state index contributed by atoms with van der Waals surface area (Å²) in [6.07, 6.45) is 5.58. The van der Waals surface area contributed by atoms with E-state index in [-0.39, 0.29) is 0 Å². The van der Waals surface area contributed by atoms with Crippen molar-refractivity contribution in [2.45, 2.75) is 38.6 Å². The lowest BCUT2D eigenvalue weighted by atomic mass is 9.93.